The number of nitro groups is 1. The van der Waals surface area contributed by atoms with Crippen molar-refractivity contribution in [1.82, 2.24) is 0 Å². The van der Waals surface area contributed by atoms with Gasteiger partial charge in [0.25, 0.3) is 5.69 Å². The van der Waals surface area contributed by atoms with Gasteiger partial charge < -0.3 is 5.32 Å². The minimum Gasteiger partial charge on any atom is -0.381 e. The maximum atomic E-state index is 13.6. The van der Waals surface area contributed by atoms with Gasteiger partial charge in [-0.3, -0.25) is 10.1 Å². The van der Waals surface area contributed by atoms with Crippen LogP contribution in [0.15, 0.2) is 36.4 Å². The molecule has 0 heterocycles. The molecule has 0 aromatic heterocycles. The van der Waals surface area contributed by atoms with E-state index in [-0.39, 0.29) is 12.2 Å². The molecule has 2 rings (SSSR count). The minimum absolute atomic E-state index is 0.0228. The lowest BCUT2D eigenvalue weighted by molar-refractivity contribution is -0.385. The van der Waals surface area contributed by atoms with Crippen LogP contribution in [0.4, 0.5) is 15.8 Å². The largest absolute Gasteiger partial charge is 0.381 e. The molecule has 1 N–H and O–H groups in total. The standard InChI is InChI=1S/C14H12ClFN2O2/c1-9-5-6-10(7-14(9)18(19)20)17-8-11-12(15)3-2-4-13(11)16/h2-7,17H,8H2,1H3. The van der Waals surface area contributed by atoms with Crippen LogP contribution >= 0.6 is 11.6 Å². The summed E-state index contributed by atoms with van der Waals surface area (Å²) < 4.78 is 13.6. The maximum Gasteiger partial charge on any atom is 0.274 e. The summed E-state index contributed by atoms with van der Waals surface area (Å²) in [7, 11) is 0. The summed E-state index contributed by atoms with van der Waals surface area (Å²) in [5, 5.41) is 14.1. The number of benzene rings is 2. The molecule has 0 fully saturated rings. The van der Waals surface area contributed by atoms with E-state index < -0.39 is 10.7 Å². The van der Waals surface area contributed by atoms with Gasteiger partial charge in [-0.2, -0.15) is 0 Å². The third kappa shape index (κ3) is 3.05. The number of halogens is 2. The highest BCUT2D eigenvalue weighted by atomic mass is 35.5. The number of aryl methyl sites for hydroxylation is 1. The summed E-state index contributed by atoms with van der Waals surface area (Å²) in [6.45, 7) is 1.82. The Labute approximate surface area is 120 Å². The van der Waals surface area contributed by atoms with Gasteiger partial charge in [-0.1, -0.05) is 23.7 Å². The van der Waals surface area contributed by atoms with Crippen LogP contribution in [0.3, 0.4) is 0 Å². The second kappa shape index (κ2) is 5.88. The van der Waals surface area contributed by atoms with Crippen molar-refractivity contribution in [2.24, 2.45) is 0 Å². The molecule has 0 unspecified atom stereocenters. The molecule has 0 bridgehead atoms. The average molecular weight is 295 g/mol. The van der Waals surface area contributed by atoms with Crippen molar-refractivity contribution >= 4 is 23.0 Å². The van der Waals surface area contributed by atoms with Crippen molar-refractivity contribution in [3.8, 4) is 0 Å². The van der Waals surface area contributed by atoms with Gasteiger partial charge in [-0.05, 0) is 25.1 Å². The highest BCUT2D eigenvalue weighted by Gasteiger charge is 2.12. The molecule has 0 radical (unpaired) electrons. The third-order valence-corrected chi connectivity index (χ3v) is 3.29. The fourth-order valence-electron chi connectivity index (χ4n) is 1.81. The van der Waals surface area contributed by atoms with Crippen LogP contribution in [-0.2, 0) is 6.54 Å². The van der Waals surface area contributed by atoms with Crippen LogP contribution in [0.2, 0.25) is 5.02 Å². The lowest BCUT2D eigenvalue weighted by Crippen LogP contribution is -2.03. The molecule has 0 atom stereocenters. The van der Waals surface area contributed by atoms with Gasteiger partial charge >= 0.3 is 0 Å². The number of hydrogen-bond donors (Lipinski definition) is 1. The Morgan fingerprint density at radius 2 is 2.10 bits per heavy atom. The first kappa shape index (κ1) is 14.3. The van der Waals surface area contributed by atoms with Crippen LogP contribution in [0.25, 0.3) is 0 Å². The normalized spacial score (nSPS) is 10.3. The topological polar surface area (TPSA) is 55.2 Å². The molecular weight excluding hydrogens is 283 g/mol. The van der Waals surface area contributed by atoms with Gasteiger partial charge in [0, 0.05) is 34.4 Å². The van der Waals surface area contributed by atoms with Crippen LogP contribution in [0.1, 0.15) is 11.1 Å². The van der Waals surface area contributed by atoms with Crippen LogP contribution in [0.5, 0.6) is 0 Å². The van der Waals surface area contributed by atoms with E-state index in [1.54, 1.807) is 25.1 Å². The number of rotatable bonds is 4. The summed E-state index contributed by atoms with van der Waals surface area (Å²) in [4.78, 5) is 10.4. The summed E-state index contributed by atoms with van der Waals surface area (Å²) in [6.07, 6.45) is 0. The molecule has 0 spiro atoms. The Bertz CT molecular complexity index is 641. The fraction of sp³-hybridized carbons (Fsp3) is 0.143. The first-order valence-corrected chi connectivity index (χ1v) is 6.28. The zero-order valence-electron chi connectivity index (χ0n) is 10.7. The van der Waals surface area contributed by atoms with Crippen molar-refractivity contribution in [1.29, 1.82) is 0 Å². The van der Waals surface area contributed by atoms with Crippen molar-refractivity contribution < 1.29 is 9.31 Å². The molecule has 6 heteroatoms. The second-order valence-corrected chi connectivity index (χ2v) is 4.72. The molecule has 0 saturated carbocycles. The van der Waals surface area contributed by atoms with E-state index in [0.29, 0.717) is 21.8 Å². The molecule has 2 aromatic rings. The lowest BCUT2D eigenvalue weighted by atomic mass is 10.1. The Morgan fingerprint density at radius 3 is 2.75 bits per heavy atom. The summed E-state index contributed by atoms with van der Waals surface area (Å²) in [5.74, 6) is -0.411. The van der Waals surface area contributed by atoms with E-state index in [1.165, 1.54) is 18.2 Å². The molecule has 4 nitrogen and oxygen atoms in total. The Kier molecular flexibility index (Phi) is 4.20. The van der Waals surface area contributed by atoms with Gasteiger partial charge in [-0.15, -0.1) is 0 Å². The summed E-state index contributed by atoms with van der Waals surface area (Å²) >= 11 is 5.91. The predicted molar refractivity (Wildman–Crippen MR) is 76.6 cm³/mol. The SMILES string of the molecule is Cc1ccc(NCc2c(F)cccc2Cl)cc1[N+](=O)[O-]. The van der Waals surface area contributed by atoms with Gasteiger partial charge in [0.1, 0.15) is 5.82 Å². The highest BCUT2D eigenvalue weighted by molar-refractivity contribution is 6.31. The second-order valence-electron chi connectivity index (χ2n) is 4.31. The van der Waals surface area contributed by atoms with Crippen molar-refractivity contribution in [2.75, 3.05) is 5.32 Å². The zero-order valence-corrected chi connectivity index (χ0v) is 11.4. The van der Waals surface area contributed by atoms with E-state index in [0.717, 1.165) is 0 Å². The first-order valence-electron chi connectivity index (χ1n) is 5.91. The Morgan fingerprint density at radius 1 is 1.35 bits per heavy atom. The van der Waals surface area contributed by atoms with Gasteiger partial charge in [0.15, 0.2) is 0 Å². The van der Waals surface area contributed by atoms with Crippen LogP contribution in [0, 0.1) is 22.9 Å². The lowest BCUT2D eigenvalue weighted by Gasteiger charge is -2.09. The molecule has 0 amide bonds. The van der Waals surface area contributed by atoms with Crippen molar-refractivity contribution in [2.45, 2.75) is 13.5 Å². The molecule has 0 aliphatic carbocycles. The zero-order chi connectivity index (χ0) is 14.7. The molecule has 20 heavy (non-hydrogen) atoms. The molecule has 2 aromatic carbocycles. The van der Waals surface area contributed by atoms with E-state index in [4.69, 9.17) is 11.6 Å². The average Bonchev–Trinajstić information content (AvgIpc) is 2.39. The quantitative estimate of drug-likeness (QED) is 0.675. The van der Waals surface area contributed by atoms with Crippen molar-refractivity contribution in [3.63, 3.8) is 0 Å². The molecule has 0 saturated heterocycles. The number of nitrogens with one attached hydrogen (secondary N) is 1. The summed E-state index contributed by atoms with van der Waals surface area (Å²) in [5.41, 5.74) is 1.47. The fourth-order valence-corrected chi connectivity index (χ4v) is 2.04. The maximum absolute atomic E-state index is 13.6. The predicted octanol–water partition coefficient (Wildman–Crippen LogP) is 4.31. The molecule has 0 aliphatic rings. The Hall–Kier alpha value is -2.14. The number of hydrogen-bond acceptors (Lipinski definition) is 3. The van der Waals surface area contributed by atoms with E-state index >= 15 is 0 Å². The monoisotopic (exact) mass is 294 g/mol. The van der Waals surface area contributed by atoms with E-state index in [9.17, 15) is 14.5 Å². The molecular formula is C14H12ClFN2O2. The van der Waals surface area contributed by atoms with Crippen LogP contribution < -0.4 is 5.32 Å². The summed E-state index contributed by atoms with van der Waals surface area (Å²) in [6, 6.07) is 9.21. The number of anilines is 1. The van der Waals surface area contributed by atoms with Gasteiger partial charge in [0.2, 0.25) is 0 Å². The van der Waals surface area contributed by atoms with E-state index in [1.807, 2.05) is 0 Å². The highest BCUT2D eigenvalue weighted by Crippen LogP contribution is 2.24. The van der Waals surface area contributed by atoms with Gasteiger partial charge in [-0.25, -0.2) is 4.39 Å². The first-order chi connectivity index (χ1) is 9.49. The molecule has 104 valence electrons. The number of nitro benzene ring substituents is 1. The van der Waals surface area contributed by atoms with Gasteiger partial charge in [0.05, 0.1) is 4.92 Å². The number of nitrogens with zero attached hydrogens (tertiary/aromatic N) is 1. The smallest absolute Gasteiger partial charge is 0.274 e. The third-order valence-electron chi connectivity index (χ3n) is 2.94. The van der Waals surface area contributed by atoms with Crippen molar-refractivity contribution in [3.05, 3.63) is 68.5 Å². The molecule has 0 aliphatic heterocycles. The van der Waals surface area contributed by atoms with E-state index in [2.05, 4.69) is 5.32 Å². The van der Waals surface area contributed by atoms with Crippen LogP contribution in [-0.4, -0.2) is 4.92 Å². The Balaban J connectivity index is 2.19. The minimum atomic E-state index is -0.448.